The van der Waals surface area contributed by atoms with Crippen LogP contribution in [0.3, 0.4) is 0 Å². The molecule has 3 aromatic rings. The molecule has 3 rings (SSSR count). The minimum Gasteiger partial charge on any atom is -0.320 e. The van der Waals surface area contributed by atoms with Crippen molar-refractivity contribution in [1.29, 1.82) is 0 Å². The van der Waals surface area contributed by atoms with Crippen LogP contribution >= 0.6 is 11.6 Å². The van der Waals surface area contributed by atoms with Crippen LogP contribution in [0.15, 0.2) is 48.5 Å². The lowest BCUT2D eigenvalue weighted by Crippen LogP contribution is -2.14. The number of halogens is 1. The van der Waals surface area contributed by atoms with Crippen molar-refractivity contribution in [1.82, 2.24) is 15.0 Å². The molecule has 1 heterocycles. The third kappa shape index (κ3) is 3.48. The van der Waals surface area contributed by atoms with Gasteiger partial charge in [-0.05, 0) is 31.2 Å². The summed E-state index contributed by atoms with van der Waals surface area (Å²) in [7, 11) is 0. The molecule has 1 aromatic heterocycles. The second kappa shape index (κ2) is 6.70. The number of hydrogen-bond donors (Lipinski definition) is 1. The maximum atomic E-state index is 12.4. The fourth-order valence-corrected chi connectivity index (χ4v) is 2.46. The van der Waals surface area contributed by atoms with Crippen molar-refractivity contribution in [3.8, 4) is 5.69 Å². The Morgan fingerprint density at radius 3 is 2.72 bits per heavy atom. The maximum absolute atomic E-state index is 12.4. The van der Waals surface area contributed by atoms with Crippen molar-refractivity contribution < 1.29 is 9.72 Å². The van der Waals surface area contributed by atoms with Crippen molar-refractivity contribution in [3.63, 3.8) is 0 Å². The van der Waals surface area contributed by atoms with Crippen molar-refractivity contribution >= 4 is 28.9 Å². The van der Waals surface area contributed by atoms with Crippen LogP contribution in [0.25, 0.3) is 5.69 Å². The van der Waals surface area contributed by atoms with Crippen LogP contribution in [0.4, 0.5) is 11.4 Å². The largest absolute Gasteiger partial charge is 0.320 e. The number of nitrogens with one attached hydrogen (secondary N) is 1. The SMILES string of the molecule is Cc1c(C(=O)Nc2cccc([N+](=O)[O-])c2)nnn1-c1cccc(Cl)c1. The van der Waals surface area contributed by atoms with E-state index in [2.05, 4.69) is 15.6 Å². The molecule has 9 heteroatoms. The van der Waals surface area contributed by atoms with Gasteiger partial charge in [-0.15, -0.1) is 5.10 Å². The minimum atomic E-state index is -0.531. The van der Waals surface area contributed by atoms with E-state index in [1.807, 2.05) is 0 Å². The van der Waals surface area contributed by atoms with Crippen LogP contribution < -0.4 is 5.32 Å². The second-order valence-electron chi connectivity index (χ2n) is 5.18. The van der Waals surface area contributed by atoms with E-state index in [1.54, 1.807) is 37.3 Å². The number of hydrogen-bond acceptors (Lipinski definition) is 5. The van der Waals surface area contributed by atoms with Gasteiger partial charge in [0.05, 0.1) is 16.3 Å². The highest BCUT2D eigenvalue weighted by Crippen LogP contribution is 2.20. The highest BCUT2D eigenvalue weighted by molar-refractivity contribution is 6.30. The summed E-state index contributed by atoms with van der Waals surface area (Å²) in [5, 5.41) is 21.8. The lowest BCUT2D eigenvalue weighted by Gasteiger charge is -2.05. The second-order valence-corrected chi connectivity index (χ2v) is 5.61. The molecule has 2 aromatic carbocycles. The average molecular weight is 358 g/mol. The van der Waals surface area contributed by atoms with Crippen LogP contribution in [-0.2, 0) is 0 Å². The molecule has 0 unspecified atom stereocenters. The molecular weight excluding hydrogens is 346 g/mol. The Hall–Kier alpha value is -3.26. The van der Waals surface area contributed by atoms with Crippen LogP contribution in [0.1, 0.15) is 16.2 Å². The van der Waals surface area contributed by atoms with Gasteiger partial charge in [0, 0.05) is 22.8 Å². The van der Waals surface area contributed by atoms with Gasteiger partial charge in [0.1, 0.15) is 0 Å². The van der Waals surface area contributed by atoms with Gasteiger partial charge in [0.15, 0.2) is 5.69 Å². The first-order chi connectivity index (χ1) is 12.0. The topological polar surface area (TPSA) is 103 Å². The lowest BCUT2D eigenvalue weighted by molar-refractivity contribution is -0.384. The zero-order valence-corrected chi connectivity index (χ0v) is 13.8. The Balaban J connectivity index is 1.86. The normalized spacial score (nSPS) is 10.5. The van der Waals surface area contributed by atoms with Gasteiger partial charge in [-0.2, -0.15) is 0 Å². The summed E-state index contributed by atoms with van der Waals surface area (Å²) >= 11 is 5.97. The number of amides is 1. The zero-order chi connectivity index (χ0) is 18.0. The molecule has 0 bridgehead atoms. The highest BCUT2D eigenvalue weighted by Gasteiger charge is 2.18. The molecule has 0 spiro atoms. The van der Waals surface area contributed by atoms with E-state index >= 15 is 0 Å². The van der Waals surface area contributed by atoms with E-state index in [9.17, 15) is 14.9 Å². The summed E-state index contributed by atoms with van der Waals surface area (Å²) in [4.78, 5) is 22.7. The molecular formula is C16H12ClN5O3. The van der Waals surface area contributed by atoms with Gasteiger partial charge in [-0.25, -0.2) is 4.68 Å². The van der Waals surface area contributed by atoms with Gasteiger partial charge in [0.25, 0.3) is 11.6 Å². The minimum absolute atomic E-state index is 0.114. The Morgan fingerprint density at radius 1 is 1.24 bits per heavy atom. The number of nitrogens with zero attached hydrogens (tertiary/aromatic N) is 4. The number of nitro groups is 1. The molecule has 0 aliphatic carbocycles. The number of carbonyl (C=O) groups excluding carboxylic acids is 1. The average Bonchev–Trinajstić information content (AvgIpc) is 2.96. The number of nitro benzene ring substituents is 1. The number of carbonyl (C=O) groups is 1. The number of aromatic nitrogens is 3. The maximum Gasteiger partial charge on any atom is 0.278 e. The first kappa shape index (κ1) is 16.6. The summed E-state index contributed by atoms with van der Waals surface area (Å²) < 4.78 is 1.49. The molecule has 0 radical (unpaired) electrons. The van der Waals surface area contributed by atoms with Crippen LogP contribution in [-0.4, -0.2) is 25.8 Å². The van der Waals surface area contributed by atoms with Gasteiger partial charge in [-0.1, -0.05) is 28.9 Å². The third-order valence-electron chi connectivity index (χ3n) is 3.48. The standard InChI is InChI=1S/C16H12ClN5O3/c1-10-15(19-20-21(10)13-6-2-4-11(17)8-13)16(23)18-12-5-3-7-14(9-12)22(24)25/h2-9H,1H3,(H,18,23). The predicted octanol–water partition coefficient (Wildman–Crippen LogP) is 3.39. The van der Waals surface area contributed by atoms with Crippen LogP contribution in [0.2, 0.25) is 5.02 Å². The van der Waals surface area contributed by atoms with Gasteiger partial charge >= 0.3 is 0 Å². The van der Waals surface area contributed by atoms with Crippen LogP contribution in [0.5, 0.6) is 0 Å². The summed E-state index contributed by atoms with van der Waals surface area (Å²) in [6, 6.07) is 12.6. The van der Waals surface area contributed by atoms with E-state index in [0.717, 1.165) is 0 Å². The van der Waals surface area contributed by atoms with E-state index in [0.29, 0.717) is 22.1 Å². The van der Waals surface area contributed by atoms with Crippen molar-refractivity contribution in [2.75, 3.05) is 5.32 Å². The molecule has 1 amide bonds. The molecule has 126 valence electrons. The molecule has 0 saturated carbocycles. The number of anilines is 1. The molecule has 1 N–H and O–H groups in total. The monoisotopic (exact) mass is 357 g/mol. The zero-order valence-electron chi connectivity index (χ0n) is 13.0. The van der Waals surface area contributed by atoms with E-state index in [-0.39, 0.29) is 11.4 Å². The van der Waals surface area contributed by atoms with Crippen molar-refractivity contribution in [3.05, 3.63) is 75.1 Å². The number of benzene rings is 2. The first-order valence-electron chi connectivity index (χ1n) is 7.20. The summed E-state index contributed by atoms with van der Waals surface area (Å²) in [6.45, 7) is 1.70. The summed E-state index contributed by atoms with van der Waals surface area (Å²) in [5.74, 6) is -0.508. The van der Waals surface area contributed by atoms with Gasteiger partial charge in [-0.3, -0.25) is 14.9 Å². The summed E-state index contributed by atoms with van der Waals surface area (Å²) in [6.07, 6.45) is 0. The number of rotatable bonds is 4. The van der Waals surface area contributed by atoms with Gasteiger partial charge in [0.2, 0.25) is 0 Å². The molecule has 0 aliphatic heterocycles. The Labute approximate surface area is 147 Å². The molecule has 0 fully saturated rings. The Morgan fingerprint density at radius 2 is 2.00 bits per heavy atom. The molecule has 25 heavy (non-hydrogen) atoms. The van der Waals surface area contributed by atoms with Crippen molar-refractivity contribution in [2.24, 2.45) is 0 Å². The van der Waals surface area contributed by atoms with E-state index in [1.165, 1.54) is 22.9 Å². The molecule has 0 aliphatic rings. The van der Waals surface area contributed by atoms with E-state index < -0.39 is 10.8 Å². The fraction of sp³-hybridized carbons (Fsp3) is 0.0625. The Kier molecular flexibility index (Phi) is 4.44. The summed E-state index contributed by atoms with van der Waals surface area (Å²) in [5.41, 5.74) is 1.50. The van der Waals surface area contributed by atoms with Gasteiger partial charge < -0.3 is 5.32 Å². The predicted molar refractivity (Wildman–Crippen MR) is 92.2 cm³/mol. The Bertz CT molecular complexity index is 970. The third-order valence-corrected chi connectivity index (χ3v) is 3.71. The molecule has 0 atom stereocenters. The van der Waals surface area contributed by atoms with Crippen molar-refractivity contribution in [2.45, 2.75) is 6.92 Å². The smallest absolute Gasteiger partial charge is 0.278 e. The quantitative estimate of drug-likeness (QED) is 0.569. The lowest BCUT2D eigenvalue weighted by atomic mass is 10.2. The first-order valence-corrected chi connectivity index (χ1v) is 7.57. The molecule has 0 saturated heterocycles. The van der Waals surface area contributed by atoms with E-state index in [4.69, 9.17) is 11.6 Å². The fourth-order valence-electron chi connectivity index (χ4n) is 2.28. The number of non-ortho nitro benzene ring substituents is 1. The molecule has 8 nitrogen and oxygen atoms in total. The van der Waals surface area contributed by atoms with Crippen LogP contribution in [0, 0.1) is 17.0 Å². The highest BCUT2D eigenvalue weighted by atomic mass is 35.5.